The molecule has 3 aromatic rings. The van der Waals surface area contributed by atoms with Gasteiger partial charge in [-0.15, -0.1) is 0 Å². The number of carbonyl (C=O) groups excluding carboxylic acids is 2. The van der Waals surface area contributed by atoms with E-state index in [1.807, 2.05) is 56.3 Å². The molecule has 6 nitrogen and oxygen atoms in total. The number of ether oxygens (including phenoxy) is 3. The number of methoxy groups -OCH3 is 2. The van der Waals surface area contributed by atoms with E-state index in [1.54, 1.807) is 12.1 Å². The molecule has 1 amide bonds. The fourth-order valence-electron chi connectivity index (χ4n) is 4.15. The van der Waals surface area contributed by atoms with Crippen molar-refractivity contribution in [2.75, 3.05) is 14.2 Å². The maximum absolute atomic E-state index is 15.1. The number of hydrogen-bond donors (Lipinski definition) is 1. The van der Waals surface area contributed by atoms with Crippen LogP contribution in [0.5, 0.6) is 17.2 Å². The van der Waals surface area contributed by atoms with Crippen molar-refractivity contribution < 1.29 is 28.2 Å². The minimum atomic E-state index is -0.601. The van der Waals surface area contributed by atoms with Crippen LogP contribution in [-0.4, -0.2) is 26.4 Å². The highest BCUT2D eigenvalue weighted by molar-refractivity contribution is 5.96. The summed E-state index contributed by atoms with van der Waals surface area (Å²) in [6.45, 7) is 4.29. The lowest BCUT2D eigenvalue weighted by atomic mass is 9.94. The van der Waals surface area contributed by atoms with E-state index in [9.17, 15) is 9.59 Å². The molecule has 1 unspecified atom stereocenters. The summed E-state index contributed by atoms with van der Waals surface area (Å²) in [6, 6.07) is 17.1. The first-order chi connectivity index (χ1) is 17.9. The number of carbonyl (C=O) groups is 2. The standard InChI is InChI=1S/C30H34FNO5/c1-20(2)15-27(25-17-28(35-3)29(36-4)18-26(25)31)32-30(34)24-16-21(12-13-22(24)9-8-14-33)19-37-23-10-6-5-7-11-23/h5-7,10-14,16-18,20,27H,8-9,15,19H2,1-4H3,(H,32,34). The third-order valence-corrected chi connectivity index (χ3v) is 5.99. The van der Waals surface area contributed by atoms with E-state index >= 15 is 4.39 Å². The SMILES string of the molecule is COc1cc(F)c(C(CC(C)C)NC(=O)c2cc(COc3ccccc3)ccc2CCC=O)cc1OC. The average molecular weight is 508 g/mol. The Kier molecular flexibility index (Phi) is 10.1. The number of nitrogens with one attached hydrogen (secondary N) is 1. The van der Waals surface area contributed by atoms with E-state index in [2.05, 4.69) is 5.32 Å². The number of aryl methyl sites for hydroxylation is 1. The number of aldehydes is 1. The van der Waals surface area contributed by atoms with E-state index in [-0.39, 0.29) is 24.2 Å². The van der Waals surface area contributed by atoms with E-state index in [0.29, 0.717) is 36.1 Å². The number of rotatable bonds is 13. The Balaban J connectivity index is 1.92. The molecule has 0 heterocycles. The molecule has 0 aliphatic rings. The lowest BCUT2D eigenvalue weighted by Gasteiger charge is -2.24. The highest BCUT2D eigenvalue weighted by Crippen LogP contribution is 2.34. The second-order valence-corrected chi connectivity index (χ2v) is 9.18. The van der Waals surface area contributed by atoms with E-state index in [4.69, 9.17) is 14.2 Å². The molecule has 3 rings (SSSR count). The first kappa shape index (κ1) is 27.7. The Bertz CT molecular complexity index is 1200. The number of amides is 1. The quantitative estimate of drug-likeness (QED) is 0.284. The van der Waals surface area contributed by atoms with Crippen molar-refractivity contribution in [2.24, 2.45) is 5.92 Å². The highest BCUT2D eigenvalue weighted by atomic mass is 19.1. The molecule has 0 radical (unpaired) electrons. The van der Waals surface area contributed by atoms with Gasteiger partial charge in [0.05, 0.1) is 20.3 Å². The van der Waals surface area contributed by atoms with E-state index in [0.717, 1.165) is 23.2 Å². The van der Waals surface area contributed by atoms with Crippen LogP contribution in [0.15, 0.2) is 60.7 Å². The average Bonchev–Trinajstić information content (AvgIpc) is 2.90. The largest absolute Gasteiger partial charge is 0.493 e. The van der Waals surface area contributed by atoms with Crippen LogP contribution in [0.25, 0.3) is 0 Å². The van der Waals surface area contributed by atoms with Crippen molar-refractivity contribution in [1.29, 1.82) is 0 Å². The summed E-state index contributed by atoms with van der Waals surface area (Å²) in [6.07, 6.45) is 2.05. The molecular weight excluding hydrogens is 473 g/mol. The van der Waals surface area contributed by atoms with Crippen molar-refractivity contribution in [3.8, 4) is 17.2 Å². The van der Waals surface area contributed by atoms with Gasteiger partial charge in [-0.1, -0.05) is 44.2 Å². The summed E-state index contributed by atoms with van der Waals surface area (Å²) >= 11 is 0. The van der Waals surface area contributed by atoms with Crippen molar-refractivity contribution in [2.45, 2.75) is 45.8 Å². The maximum Gasteiger partial charge on any atom is 0.252 e. The van der Waals surface area contributed by atoms with Crippen LogP contribution in [-0.2, 0) is 17.8 Å². The van der Waals surface area contributed by atoms with Gasteiger partial charge in [0.1, 0.15) is 24.5 Å². The molecule has 0 saturated heterocycles. The molecule has 1 atom stereocenters. The Morgan fingerprint density at radius 1 is 1.00 bits per heavy atom. The van der Waals surface area contributed by atoms with E-state index in [1.165, 1.54) is 20.3 Å². The summed E-state index contributed by atoms with van der Waals surface area (Å²) in [4.78, 5) is 24.6. The molecule has 196 valence electrons. The summed E-state index contributed by atoms with van der Waals surface area (Å²) in [7, 11) is 2.93. The molecule has 3 aromatic carbocycles. The first-order valence-electron chi connectivity index (χ1n) is 12.3. The van der Waals surface area contributed by atoms with Gasteiger partial charge in [0.25, 0.3) is 5.91 Å². The molecular formula is C30H34FNO5. The zero-order chi connectivity index (χ0) is 26.8. The van der Waals surface area contributed by atoms with Gasteiger partial charge in [-0.3, -0.25) is 4.79 Å². The van der Waals surface area contributed by atoms with Crippen LogP contribution < -0.4 is 19.5 Å². The molecule has 0 bridgehead atoms. The van der Waals surface area contributed by atoms with Crippen LogP contribution in [0.3, 0.4) is 0 Å². The van der Waals surface area contributed by atoms with E-state index < -0.39 is 11.9 Å². The molecule has 1 N–H and O–H groups in total. The summed E-state index contributed by atoms with van der Waals surface area (Å²) < 4.78 is 31.6. The predicted octanol–water partition coefficient (Wildman–Crippen LogP) is 6.07. The summed E-state index contributed by atoms with van der Waals surface area (Å²) in [5.74, 6) is 0.726. The minimum absolute atomic E-state index is 0.179. The van der Waals surface area contributed by atoms with Gasteiger partial charge in [-0.25, -0.2) is 4.39 Å². The molecule has 0 saturated carbocycles. The number of benzene rings is 3. The van der Waals surface area contributed by atoms with Crippen molar-refractivity contribution in [3.63, 3.8) is 0 Å². The second kappa shape index (κ2) is 13.4. The van der Waals surface area contributed by atoms with Crippen LogP contribution in [0.1, 0.15) is 59.8 Å². The van der Waals surface area contributed by atoms with Crippen LogP contribution in [0.4, 0.5) is 4.39 Å². The molecule has 37 heavy (non-hydrogen) atoms. The normalized spacial score (nSPS) is 11.6. The lowest BCUT2D eigenvalue weighted by Crippen LogP contribution is -2.31. The zero-order valence-corrected chi connectivity index (χ0v) is 21.8. The third kappa shape index (κ3) is 7.56. The molecule has 0 aliphatic heterocycles. The topological polar surface area (TPSA) is 73.9 Å². The fraction of sp³-hybridized carbons (Fsp3) is 0.333. The monoisotopic (exact) mass is 507 g/mol. The van der Waals surface area contributed by atoms with Gasteiger partial charge >= 0.3 is 0 Å². The zero-order valence-electron chi connectivity index (χ0n) is 21.8. The number of para-hydroxylation sites is 1. The number of hydrogen-bond acceptors (Lipinski definition) is 5. The van der Waals surface area contributed by atoms with Gasteiger partial charge in [0.15, 0.2) is 11.5 Å². The summed E-state index contributed by atoms with van der Waals surface area (Å²) in [5, 5.41) is 3.02. The Morgan fingerprint density at radius 3 is 2.35 bits per heavy atom. The van der Waals surface area contributed by atoms with Gasteiger partial charge in [0.2, 0.25) is 0 Å². The van der Waals surface area contributed by atoms with Crippen molar-refractivity contribution in [1.82, 2.24) is 5.32 Å². The van der Waals surface area contributed by atoms with Crippen molar-refractivity contribution in [3.05, 3.63) is 88.7 Å². The second-order valence-electron chi connectivity index (χ2n) is 9.18. The van der Waals surface area contributed by atoms with Crippen molar-refractivity contribution >= 4 is 12.2 Å². The highest BCUT2D eigenvalue weighted by Gasteiger charge is 2.24. The minimum Gasteiger partial charge on any atom is -0.493 e. The van der Waals surface area contributed by atoms with Crippen LogP contribution in [0.2, 0.25) is 0 Å². The summed E-state index contributed by atoms with van der Waals surface area (Å²) in [5.41, 5.74) is 2.30. The van der Waals surface area contributed by atoms with Gasteiger partial charge < -0.3 is 24.3 Å². The Morgan fingerprint density at radius 2 is 1.70 bits per heavy atom. The van der Waals surface area contributed by atoms with Crippen LogP contribution in [0, 0.1) is 11.7 Å². The fourth-order valence-corrected chi connectivity index (χ4v) is 4.15. The van der Waals surface area contributed by atoms with Gasteiger partial charge in [0, 0.05) is 23.6 Å². The first-order valence-corrected chi connectivity index (χ1v) is 12.3. The molecule has 0 fully saturated rings. The molecule has 0 aromatic heterocycles. The third-order valence-electron chi connectivity index (χ3n) is 5.99. The Hall–Kier alpha value is -3.87. The van der Waals surface area contributed by atoms with Gasteiger partial charge in [-0.2, -0.15) is 0 Å². The van der Waals surface area contributed by atoms with Gasteiger partial charge in [-0.05, 0) is 54.2 Å². The molecule has 0 aliphatic carbocycles. The predicted molar refractivity (Wildman–Crippen MR) is 141 cm³/mol. The smallest absolute Gasteiger partial charge is 0.252 e. The molecule has 7 heteroatoms. The Labute approximate surface area is 217 Å². The maximum atomic E-state index is 15.1. The molecule has 0 spiro atoms. The van der Waals surface area contributed by atoms with Crippen LogP contribution >= 0.6 is 0 Å². The lowest BCUT2D eigenvalue weighted by molar-refractivity contribution is -0.107. The number of halogens is 1.